The van der Waals surface area contributed by atoms with Crippen LogP contribution < -0.4 is 4.90 Å². The second-order valence-corrected chi connectivity index (χ2v) is 7.66. The number of anilines is 1. The Balaban J connectivity index is 1.66. The first-order chi connectivity index (χ1) is 13.5. The fourth-order valence-electron chi connectivity index (χ4n) is 3.80. The van der Waals surface area contributed by atoms with Gasteiger partial charge in [0.15, 0.2) is 11.6 Å². The topological polar surface area (TPSA) is 90.9 Å². The van der Waals surface area contributed by atoms with Crippen LogP contribution in [0.15, 0.2) is 12.4 Å². The molecule has 0 unspecified atom stereocenters. The molecular weight excluding hydrogens is 354 g/mol. The summed E-state index contributed by atoms with van der Waals surface area (Å²) in [6.45, 7) is 6.07. The predicted molar refractivity (Wildman–Crippen MR) is 104 cm³/mol. The van der Waals surface area contributed by atoms with Crippen LogP contribution >= 0.6 is 0 Å². The van der Waals surface area contributed by atoms with Crippen molar-refractivity contribution in [2.75, 3.05) is 24.5 Å². The van der Waals surface area contributed by atoms with Crippen molar-refractivity contribution in [2.45, 2.75) is 39.2 Å². The van der Waals surface area contributed by atoms with Gasteiger partial charge in [0.05, 0.1) is 17.5 Å². The van der Waals surface area contributed by atoms with Crippen LogP contribution in [-0.2, 0) is 18.3 Å². The minimum Gasteiger partial charge on any atom is -0.352 e. The SMILES string of the molecule is CCc1nc(-c2cnn(C)c2)nc(N2CCN(C(=O)C3CC3)[C@H](C)C2)c1C#N. The van der Waals surface area contributed by atoms with Crippen LogP contribution in [-0.4, -0.2) is 56.2 Å². The number of carbonyl (C=O) groups is 1. The molecule has 8 heteroatoms. The summed E-state index contributed by atoms with van der Waals surface area (Å²) >= 11 is 0. The van der Waals surface area contributed by atoms with Crippen molar-refractivity contribution < 1.29 is 4.79 Å². The summed E-state index contributed by atoms with van der Waals surface area (Å²) in [5.74, 6) is 1.76. The van der Waals surface area contributed by atoms with Gasteiger partial charge in [-0.25, -0.2) is 9.97 Å². The van der Waals surface area contributed by atoms with Crippen LogP contribution in [0.1, 0.15) is 37.9 Å². The van der Waals surface area contributed by atoms with Gasteiger partial charge in [-0.05, 0) is 26.2 Å². The predicted octanol–water partition coefficient (Wildman–Crippen LogP) is 1.76. The average Bonchev–Trinajstić information content (AvgIpc) is 3.47. The third-order valence-corrected chi connectivity index (χ3v) is 5.51. The fourth-order valence-corrected chi connectivity index (χ4v) is 3.80. The van der Waals surface area contributed by atoms with E-state index in [4.69, 9.17) is 4.98 Å². The zero-order valence-corrected chi connectivity index (χ0v) is 16.6. The van der Waals surface area contributed by atoms with Gasteiger partial charge >= 0.3 is 0 Å². The van der Waals surface area contributed by atoms with Gasteiger partial charge in [-0.15, -0.1) is 0 Å². The third kappa shape index (κ3) is 3.33. The highest BCUT2D eigenvalue weighted by Gasteiger charge is 2.38. The van der Waals surface area contributed by atoms with E-state index in [9.17, 15) is 10.1 Å². The molecule has 0 spiro atoms. The van der Waals surface area contributed by atoms with Gasteiger partial charge in [-0.1, -0.05) is 6.92 Å². The van der Waals surface area contributed by atoms with E-state index in [-0.39, 0.29) is 17.9 Å². The zero-order chi connectivity index (χ0) is 19.8. The van der Waals surface area contributed by atoms with E-state index < -0.39 is 0 Å². The summed E-state index contributed by atoms with van der Waals surface area (Å²) in [4.78, 5) is 26.0. The lowest BCUT2D eigenvalue weighted by molar-refractivity contribution is -0.134. The van der Waals surface area contributed by atoms with Crippen LogP contribution in [0.2, 0.25) is 0 Å². The maximum atomic E-state index is 12.5. The van der Waals surface area contributed by atoms with Gasteiger partial charge in [-0.2, -0.15) is 10.4 Å². The van der Waals surface area contributed by atoms with E-state index in [1.807, 2.05) is 25.1 Å². The molecule has 3 heterocycles. The summed E-state index contributed by atoms with van der Waals surface area (Å²) in [6, 6.07) is 2.40. The van der Waals surface area contributed by atoms with Crippen molar-refractivity contribution in [2.24, 2.45) is 13.0 Å². The number of nitrogens with zero attached hydrogens (tertiary/aromatic N) is 7. The number of carbonyl (C=O) groups excluding carboxylic acids is 1. The maximum Gasteiger partial charge on any atom is 0.226 e. The molecule has 1 aliphatic carbocycles. The third-order valence-electron chi connectivity index (χ3n) is 5.51. The van der Waals surface area contributed by atoms with Crippen LogP contribution in [0.5, 0.6) is 0 Å². The zero-order valence-electron chi connectivity index (χ0n) is 16.6. The Kier molecular flexibility index (Phi) is 4.75. The first-order valence-electron chi connectivity index (χ1n) is 9.87. The Labute approximate surface area is 164 Å². The second-order valence-electron chi connectivity index (χ2n) is 7.66. The summed E-state index contributed by atoms with van der Waals surface area (Å²) < 4.78 is 1.71. The highest BCUT2D eigenvalue weighted by Crippen LogP contribution is 2.33. The molecule has 4 rings (SSSR count). The molecule has 1 aliphatic heterocycles. The van der Waals surface area contributed by atoms with E-state index in [0.29, 0.717) is 43.3 Å². The first kappa shape index (κ1) is 18.4. The molecule has 2 aliphatic rings. The lowest BCUT2D eigenvalue weighted by Gasteiger charge is -2.41. The second kappa shape index (κ2) is 7.23. The lowest BCUT2D eigenvalue weighted by Crippen LogP contribution is -2.55. The normalized spacial score (nSPS) is 19.6. The molecule has 1 saturated carbocycles. The Morgan fingerprint density at radius 2 is 2.11 bits per heavy atom. The van der Waals surface area contributed by atoms with E-state index in [0.717, 1.165) is 24.1 Å². The molecule has 1 saturated heterocycles. The molecular formula is C20H25N7O. The van der Waals surface area contributed by atoms with Gasteiger partial charge in [0.1, 0.15) is 11.6 Å². The Hall–Kier alpha value is -2.95. The largest absolute Gasteiger partial charge is 0.352 e. The van der Waals surface area contributed by atoms with Gasteiger partial charge in [0, 0.05) is 44.8 Å². The molecule has 0 bridgehead atoms. The van der Waals surface area contributed by atoms with Crippen molar-refractivity contribution in [3.63, 3.8) is 0 Å². The van der Waals surface area contributed by atoms with Gasteiger partial charge in [0.2, 0.25) is 5.91 Å². The smallest absolute Gasteiger partial charge is 0.226 e. The summed E-state index contributed by atoms with van der Waals surface area (Å²) in [7, 11) is 1.85. The minimum absolute atomic E-state index is 0.0928. The van der Waals surface area contributed by atoms with E-state index in [2.05, 4.69) is 28.0 Å². The molecule has 0 N–H and O–H groups in total. The Morgan fingerprint density at radius 1 is 1.32 bits per heavy atom. The maximum absolute atomic E-state index is 12.5. The van der Waals surface area contributed by atoms with Crippen molar-refractivity contribution >= 4 is 11.7 Å². The number of aryl methyl sites for hydroxylation is 2. The Morgan fingerprint density at radius 3 is 2.68 bits per heavy atom. The van der Waals surface area contributed by atoms with Gasteiger partial charge in [0.25, 0.3) is 0 Å². The Bertz CT molecular complexity index is 941. The van der Waals surface area contributed by atoms with Crippen LogP contribution in [0, 0.1) is 17.2 Å². The molecule has 8 nitrogen and oxygen atoms in total. The lowest BCUT2D eigenvalue weighted by atomic mass is 10.1. The molecule has 28 heavy (non-hydrogen) atoms. The summed E-state index contributed by atoms with van der Waals surface area (Å²) in [5.41, 5.74) is 2.11. The quantitative estimate of drug-likeness (QED) is 0.804. The number of amides is 1. The van der Waals surface area contributed by atoms with Crippen LogP contribution in [0.3, 0.4) is 0 Å². The number of hydrogen-bond acceptors (Lipinski definition) is 6. The first-order valence-corrected chi connectivity index (χ1v) is 9.87. The molecule has 0 aromatic carbocycles. The molecule has 0 radical (unpaired) electrons. The average molecular weight is 379 g/mol. The molecule has 146 valence electrons. The summed E-state index contributed by atoms with van der Waals surface area (Å²) in [5, 5.41) is 14.0. The molecule has 1 amide bonds. The number of piperazine rings is 1. The summed E-state index contributed by atoms with van der Waals surface area (Å²) in [6.07, 6.45) is 6.30. The van der Waals surface area contributed by atoms with Crippen molar-refractivity contribution in [3.8, 4) is 17.5 Å². The number of hydrogen-bond donors (Lipinski definition) is 0. The number of aromatic nitrogens is 4. The van der Waals surface area contributed by atoms with E-state index in [1.165, 1.54) is 0 Å². The van der Waals surface area contributed by atoms with Gasteiger partial charge in [-0.3, -0.25) is 9.48 Å². The number of rotatable bonds is 4. The van der Waals surface area contributed by atoms with E-state index in [1.54, 1.807) is 10.9 Å². The molecule has 2 fully saturated rings. The molecule has 2 aromatic heterocycles. The van der Waals surface area contributed by atoms with E-state index >= 15 is 0 Å². The monoisotopic (exact) mass is 379 g/mol. The number of nitriles is 1. The molecule has 2 aromatic rings. The van der Waals surface area contributed by atoms with Gasteiger partial charge < -0.3 is 9.80 Å². The van der Waals surface area contributed by atoms with Crippen molar-refractivity contribution in [3.05, 3.63) is 23.7 Å². The van der Waals surface area contributed by atoms with Crippen LogP contribution in [0.25, 0.3) is 11.4 Å². The van der Waals surface area contributed by atoms with Crippen molar-refractivity contribution in [1.82, 2.24) is 24.6 Å². The van der Waals surface area contributed by atoms with Crippen molar-refractivity contribution in [1.29, 1.82) is 5.26 Å². The molecule has 1 atom stereocenters. The fraction of sp³-hybridized carbons (Fsp3) is 0.550. The highest BCUT2D eigenvalue weighted by molar-refractivity contribution is 5.81. The minimum atomic E-state index is 0.0928. The van der Waals surface area contributed by atoms with Crippen LogP contribution in [0.4, 0.5) is 5.82 Å². The standard InChI is InChI=1S/C20H25N7O/c1-4-17-16(9-21)19(24-18(23-17)15-10-22-25(3)12-15)26-7-8-27(13(2)11-26)20(28)14-5-6-14/h10,12-14H,4-8,11H2,1-3H3/t13-/m1/s1. The highest BCUT2D eigenvalue weighted by atomic mass is 16.2.